The van der Waals surface area contributed by atoms with Crippen molar-refractivity contribution in [2.24, 2.45) is 5.92 Å². The Kier molecular flexibility index (Phi) is 7.56. The molecule has 3 amide bonds. The molecule has 0 bridgehead atoms. The van der Waals surface area contributed by atoms with Gasteiger partial charge >= 0.3 is 12.0 Å². The van der Waals surface area contributed by atoms with Crippen LogP contribution in [0.25, 0.3) is 0 Å². The molecule has 1 aromatic rings. The summed E-state index contributed by atoms with van der Waals surface area (Å²) in [6, 6.07) is 8.67. The van der Waals surface area contributed by atoms with Gasteiger partial charge in [-0.25, -0.2) is 9.59 Å². The van der Waals surface area contributed by atoms with E-state index >= 15 is 0 Å². The van der Waals surface area contributed by atoms with Crippen LogP contribution in [0.3, 0.4) is 0 Å². The van der Waals surface area contributed by atoms with Gasteiger partial charge in [0.05, 0.1) is 18.2 Å². The molecule has 0 aliphatic carbocycles. The third-order valence-electron chi connectivity index (χ3n) is 6.07. The zero-order valence-electron chi connectivity index (χ0n) is 19.6. The molecular weight excluding hydrogens is 408 g/mol. The predicted molar refractivity (Wildman–Crippen MR) is 122 cm³/mol. The van der Waals surface area contributed by atoms with Gasteiger partial charge in [0.25, 0.3) is 0 Å². The number of ether oxygens (including phenoxy) is 1. The molecule has 0 aromatic heterocycles. The second kappa shape index (κ2) is 10.2. The fraction of sp³-hybridized carbons (Fsp3) is 0.542. The number of piperazine rings is 1. The standard InChI is InChI=1S/C24H34N4O4/c1-6-32-23(30)20-19(15-27-12-13-28(17(4)14-27)22(29)16(2)3)26(5)24(31)25-21(20)18-10-8-7-9-11-18/h7-11,16-17,21H,6,12-15H2,1-5H3,(H,25,31). The highest BCUT2D eigenvalue weighted by atomic mass is 16.5. The summed E-state index contributed by atoms with van der Waals surface area (Å²) in [4.78, 5) is 43.9. The number of rotatable bonds is 6. The molecule has 2 aliphatic heterocycles. The molecule has 32 heavy (non-hydrogen) atoms. The van der Waals surface area contributed by atoms with Gasteiger partial charge in [0.15, 0.2) is 0 Å². The number of nitrogens with zero attached hydrogens (tertiary/aromatic N) is 3. The first kappa shape index (κ1) is 23.8. The summed E-state index contributed by atoms with van der Waals surface area (Å²) in [6.45, 7) is 10.3. The first-order chi connectivity index (χ1) is 15.2. The fourth-order valence-corrected chi connectivity index (χ4v) is 4.34. The number of amides is 3. The van der Waals surface area contributed by atoms with Gasteiger partial charge < -0.3 is 15.0 Å². The minimum Gasteiger partial charge on any atom is -0.463 e. The van der Waals surface area contributed by atoms with Gasteiger partial charge in [-0.1, -0.05) is 44.2 Å². The van der Waals surface area contributed by atoms with Crippen LogP contribution in [0.1, 0.15) is 39.3 Å². The maximum atomic E-state index is 13.0. The minimum atomic E-state index is -0.574. The van der Waals surface area contributed by atoms with Crippen molar-refractivity contribution in [1.82, 2.24) is 20.0 Å². The van der Waals surface area contributed by atoms with E-state index in [4.69, 9.17) is 4.74 Å². The maximum absolute atomic E-state index is 13.0. The molecule has 0 spiro atoms. The van der Waals surface area contributed by atoms with Crippen LogP contribution in [-0.2, 0) is 14.3 Å². The van der Waals surface area contributed by atoms with Crippen LogP contribution < -0.4 is 5.32 Å². The average Bonchev–Trinajstić information content (AvgIpc) is 2.77. The number of likely N-dealkylation sites (N-methyl/N-ethyl adjacent to an activating group) is 1. The van der Waals surface area contributed by atoms with Gasteiger partial charge in [-0.3, -0.25) is 14.6 Å². The van der Waals surface area contributed by atoms with E-state index in [-0.39, 0.29) is 30.5 Å². The zero-order chi connectivity index (χ0) is 23.4. The van der Waals surface area contributed by atoms with E-state index in [0.717, 1.165) is 5.56 Å². The second-order valence-corrected chi connectivity index (χ2v) is 8.70. The lowest BCUT2D eigenvalue weighted by molar-refractivity contribution is -0.139. The van der Waals surface area contributed by atoms with Crippen LogP contribution in [0.5, 0.6) is 0 Å². The monoisotopic (exact) mass is 442 g/mol. The Morgan fingerprint density at radius 1 is 1.19 bits per heavy atom. The smallest absolute Gasteiger partial charge is 0.338 e. The molecule has 2 atom stereocenters. The summed E-state index contributed by atoms with van der Waals surface area (Å²) < 4.78 is 5.39. The van der Waals surface area contributed by atoms with Crippen LogP contribution in [0, 0.1) is 5.92 Å². The normalized spacial score (nSPS) is 22.2. The van der Waals surface area contributed by atoms with Gasteiger partial charge in [-0.15, -0.1) is 0 Å². The first-order valence-corrected chi connectivity index (χ1v) is 11.3. The molecule has 174 valence electrons. The summed E-state index contributed by atoms with van der Waals surface area (Å²) in [5, 5.41) is 2.94. The number of carbonyl (C=O) groups excluding carboxylic acids is 3. The SMILES string of the molecule is CCOC(=O)C1=C(CN2CCN(C(=O)C(C)C)C(C)C2)N(C)C(=O)NC1c1ccccc1. The highest BCUT2D eigenvalue weighted by Gasteiger charge is 2.38. The topological polar surface area (TPSA) is 82.2 Å². The van der Waals surface area contributed by atoms with E-state index in [1.54, 1.807) is 14.0 Å². The van der Waals surface area contributed by atoms with Crippen molar-refractivity contribution in [2.45, 2.75) is 39.8 Å². The van der Waals surface area contributed by atoms with Crippen molar-refractivity contribution in [3.63, 3.8) is 0 Å². The van der Waals surface area contributed by atoms with Gasteiger partial charge in [0, 0.05) is 50.9 Å². The molecular formula is C24H34N4O4. The number of hydrogen-bond acceptors (Lipinski definition) is 5. The van der Waals surface area contributed by atoms with Crippen LogP contribution in [0.15, 0.2) is 41.6 Å². The summed E-state index contributed by atoms with van der Waals surface area (Å²) in [6.07, 6.45) is 0. The van der Waals surface area contributed by atoms with Crippen molar-refractivity contribution in [1.29, 1.82) is 0 Å². The van der Waals surface area contributed by atoms with E-state index in [1.165, 1.54) is 4.90 Å². The molecule has 1 fully saturated rings. The number of hydrogen-bond donors (Lipinski definition) is 1. The van der Waals surface area contributed by atoms with Gasteiger partial charge in [0.2, 0.25) is 5.91 Å². The lowest BCUT2D eigenvalue weighted by Crippen LogP contribution is -2.56. The Hall–Kier alpha value is -2.87. The van der Waals surface area contributed by atoms with Gasteiger partial charge in [-0.05, 0) is 19.4 Å². The van der Waals surface area contributed by atoms with E-state index in [2.05, 4.69) is 10.2 Å². The van der Waals surface area contributed by atoms with Crippen molar-refractivity contribution in [2.75, 3.05) is 39.8 Å². The summed E-state index contributed by atoms with van der Waals surface area (Å²) in [7, 11) is 1.67. The lowest BCUT2D eigenvalue weighted by Gasteiger charge is -2.42. The molecule has 2 heterocycles. The number of carbonyl (C=O) groups is 3. The van der Waals surface area contributed by atoms with E-state index in [0.29, 0.717) is 37.4 Å². The molecule has 8 nitrogen and oxygen atoms in total. The molecule has 2 unspecified atom stereocenters. The number of esters is 1. The number of urea groups is 1. The Balaban J connectivity index is 1.92. The first-order valence-electron chi connectivity index (χ1n) is 11.3. The maximum Gasteiger partial charge on any atom is 0.338 e. The van der Waals surface area contributed by atoms with Gasteiger partial charge in [0.1, 0.15) is 0 Å². The second-order valence-electron chi connectivity index (χ2n) is 8.70. The van der Waals surface area contributed by atoms with Crippen LogP contribution in [0.2, 0.25) is 0 Å². The molecule has 3 rings (SSSR count). The largest absolute Gasteiger partial charge is 0.463 e. The van der Waals surface area contributed by atoms with Crippen molar-refractivity contribution in [3.05, 3.63) is 47.2 Å². The molecule has 1 N–H and O–H groups in total. The highest BCUT2D eigenvalue weighted by molar-refractivity contribution is 5.95. The Morgan fingerprint density at radius 2 is 1.88 bits per heavy atom. The van der Waals surface area contributed by atoms with Gasteiger partial charge in [-0.2, -0.15) is 0 Å². The molecule has 1 saturated heterocycles. The quantitative estimate of drug-likeness (QED) is 0.684. The third-order valence-corrected chi connectivity index (χ3v) is 6.07. The van der Waals surface area contributed by atoms with E-state index in [1.807, 2.05) is 56.0 Å². The Labute approximate surface area is 190 Å². The molecule has 8 heteroatoms. The fourth-order valence-electron chi connectivity index (χ4n) is 4.34. The summed E-state index contributed by atoms with van der Waals surface area (Å²) >= 11 is 0. The number of benzene rings is 1. The lowest BCUT2D eigenvalue weighted by atomic mass is 9.94. The summed E-state index contributed by atoms with van der Waals surface area (Å²) in [5.74, 6) is -0.311. The highest BCUT2D eigenvalue weighted by Crippen LogP contribution is 2.31. The molecule has 2 aliphatic rings. The average molecular weight is 443 g/mol. The molecule has 0 radical (unpaired) electrons. The van der Waals surface area contributed by atoms with Crippen molar-refractivity contribution in [3.8, 4) is 0 Å². The van der Waals surface area contributed by atoms with E-state index < -0.39 is 12.0 Å². The van der Waals surface area contributed by atoms with Crippen LogP contribution >= 0.6 is 0 Å². The Morgan fingerprint density at radius 3 is 2.47 bits per heavy atom. The summed E-state index contributed by atoms with van der Waals surface area (Å²) in [5.41, 5.74) is 1.92. The van der Waals surface area contributed by atoms with Crippen molar-refractivity contribution < 1.29 is 19.1 Å². The minimum absolute atomic E-state index is 0.0399. The molecule has 1 aromatic carbocycles. The van der Waals surface area contributed by atoms with E-state index in [9.17, 15) is 14.4 Å². The third kappa shape index (κ3) is 4.96. The predicted octanol–water partition coefficient (Wildman–Crippen LogP) is 2.39. The molecule has 0 saturated carbocycles. The van der Waals surface area contributed by atoms with Crippen LogP contribution in [-0.4, -0.2) is 78.5 Å². The van der Waals surface area contributed by atoms with Crippen LogP contribution in [0.4, 0.5) is 4.79 Å². The Bertz CT molecular complexity index is 883. The zero-order valence-corrected chi connectivity index (χ0v) is 19.6. The van der Waals surface area contributed by atoms with Crippen molar-refractivity contribution >= 4 is 17.9 Å². The number of nitrogens with one attached hydrogen (secondary N) is 1.